The molecule has 1 nitrogen and oxygen atoms in total. The molecular weight excluding hydrogens is 347 g/mol. The molecule has 4 heteroatoms. The van der Waals surface area contributed by atoms with Gasteiger partial charge >= 0.3 is 6.18 Å². The van der Waals surface area contributed by atoms with Gasteiger partial charge in [0.2, 0.25) is 0 Å². The Hall–Kier alpha value is -2.59. The summed E-state index contributed by atoms with van der Waals surface area (Å²) in [6.45, 7) is 2.26. The average molecular weight is 369 g/mol. The van der Waals surface area contributed by atoms with E-state index in [0.29, 0.717) is 24.0 Å². The highest BCUT2D eigenvalue weighted by Crippen LogP contribution is 2.33. The predicted octanol–water partition coefficient (Wildman–Crippen LogP) is 5.92. The van der Waals surface area contributed by atoms with Gasteiger partial charge in [-0.1, -0.05) is 60.7 Å². The summed E-state index contributed by atoms with van der Waals surface area (Å²) in [5, 5.41) is 0. The maximum atomic E-state index is 13.3. The summed E-state index contributed by atoms with van der Waals surface area (Å²) >= 11 is 0. The molecule has 0 saturated carbocycles. The van der Waals surface area contributed by atoms with Crippen LogP contribution in [-0.4, -0.2) is 0 Å². The van der Waals surface area contributed by atoms with E-state index in [1.807, 2.05) is 55.5 Å². The third-order valence-corrected chi connectivity index (χ3v) is 4.91. The molecule has 27 heavy (non-hydrogen) atoms. The molecule has 0 bridgehead atoms. The Labute approximate surface area is 157 Å². The Morgan fingerprint density at radius 2 is 1.52 bits per heavy atom. The Kier molecular flexibility index (Phi) is 5.66. The molecule has 0 amide bonds. The van der Waals surface area contributed by atoms with Crippen LogP contribution in [0.3, 0.4) is 0 Å². The average Bonchev–Trinajstić information content (AvgIpc) is 2.67. The van der Waals surface area contributed by atoms with Crippen LogP contribution in [-0.2, 0) is 25.6 Å². The minimum absolute atomic E-state index is 0.230. The van der Waals surface area contributed by atoms with Crippen molar-refractivity contribution in [2.45, 2.75) is 32.5 Å². The fraction of sp³-hybridized carbons (Fsp3) is 0.217. The lowest BCUT2D eigenvalue weighted by molar-refractivity contribution is -0.138. The first-order chi connectivity index (χ1) is 12.9. The van der Waals surface area contributed by atoms with Crippen LogP contribution in [0.15, 0.2) is 66.7 Å². The number of benzene rings is 3. The quantitative estimate of drug-likeness (QED) is 0.593. The molecule has 0 aliphatic carbocycles. The van der Waals surface area contributed by atoms with Crippen LogP contribution in [0, 0.1) is 6.92 Å². The highest BCUT2D eigenvalue weighted by Gasteiger charge is 2.33. The third-order valence-electron chi connectivity index (χ3n) is 4.91. The minimum Gasteiger partial charge on any atom is -0.326 e. The fourth-order valence-electron chi connectivity index (χ4n) is 3.41. The number of aryl methyl sites for hydroxylation is 2. The second-order valence-corrected chi connectivity index (χ2v) is 6.65. The van der Waals surface area contributed by atoms with Crippen molar-refractivity contribution in [1.82, 2.24) is 0 Å². The molecule has 0 heterocycles. The molecule has 3 aromatic rings. The summed E-state index contributed by atoms with van der Waals surface area (Å²) in [4.78, 5) is 0. The number of alkyl halides is 3. The molecule has 0 aliphatic rings. The van der Waals surface area contributed by atoms with Gasteiger partial charge in [-0.2, -0.15) is 13.2 Å². The van der Waals surface area contributed by atoms with Gasteiger partial charge in [-0.25, -0.2) is 0 Å². The van der Waals surface area contributed by atoms with E-state index in [9.17, 15) is 13.2 Å². The first-order valence-corrected chi connectivity index (χ1v) is 8.93. The van der Waals surface area contributed by atoms with Gasteiger partial charge < -0.3 is 5.73 Å². The topological polar surface area (TPSA) is 26.0 Å². The molecule has 3 aromatic carbocycles. The Bertz CT molecular complexity index is 915. The molecule has 0 spiro atoms. The van der Waals surface area contributed by atoms with Crippen molar-refractivity contribution in [3.05, 3.63) is 94.5 Å². The molecule has 0 unspecified atom stereocenters. The van der Waals surface area contributed by atoms with Crippen molar-refractivity contribution in [3.8, 4) is 11.1 Å². The van der Waals surface area contributed by atoms with E-state index in [2.05, 4.69) is 0 Å². The van der Waals surface area contributed by atoms with E-state index in [1.165, 1.54) is 6.07 Å². The first kappa shape index (κ1) is 19.2. The smallest absolute Gasteiger partial charge is 0.326 e. The van der Waals surface area contributed by atoms with Crippen LogP contribution in [0.4, 0.5) is 13.2 Å². The van der Waals surface area contributed by atoms with E-state index in [0.717, 1.165) is 28.3 Å². The van der Waals surface area contributed by atoms with E-state index >= 15 is 0 Å². The second-order valence-electron chi connectivity index (χ2n) is 6.65. The van der Waals surface area contributed by atoms with Gasteiger partial charge in [-0.15, -0.1) is 0 Å². The van der Waals surface area contributed by atoms with Crippen LogP contribution in [0.2, 0.25) is 0 Å². The van der Waals surface area contributed by atoms with Crippen LogP contribution in [0.25, 0.3) is 11.1 Å². The zero-order chi connectivity index (χ0) is 19.4. The maximum Gasteiger partial charge on any atom is 0.416 e. The van der Waals surface area contributed by atoms with Crippen molar-refractivity contribution < 1.29 is 13.2 Å². The summed E-state index contributed by atoms with van der Waals surface area (Å²) in [5.74, 6) is 0. The zero-order valence-electron chi connectivity index (χ0n) is 15.2. The van der Waals surface area contributed by atoms with Crippen molar-refractivity contribution in [1.29, 1.82) is 0 Å². The minimum atomic E-state index is -4.36. The van der Waals surface area contributed by atoms with Gasteiger partial charge in [-0.05, 0) is 59.2 Å². The summed E-state index contributed by atoms with van der Waals surface area (Å²) in [7, 11) is 0. The highest BCUT2D eigenvalue weighted by molar-refractivity contribution is 5.68. The molecule has 3 rings (SSSR count). The van der Waals surface area contributed by atoms with Gasteiger partial charge in [-0.3, -0.25) is 0 Å². The monoisotopic (exact) mass is 369 g/mol. The van der Waals surface area contributed by atoms with Gasteiger partial charge in [0.25, 0.3) is 0 Å². The van der Waals surface area contributed by atoms with Crippen molar-refractivity contribution in [2.24, 2.45) is 5.73 Å². The van der Waals surface area contributed by atoms with Gasteiger partial charge in [0.15, 0.2) is 0 Å². The molecule has 0 atom stereocenters. The number of nitrogens with two attached hydrogens (primary N) is 1. The normalized spacial score (nSPS) is 11.6. The lowest BCUT2D eigenvalue weighted by atomic mass is 9.92. The van der Waals surface area contributed by atoms with Gasteiger partial charge in [0, 0.05) is 6.54 Å². The number of rotatable bonds is 5. The highest BCUT2D eigenvalue weighted by atomic mass is 19.4. The second kappa shape index (κ2) is 7.97. The molecule has 0 fully saturated rings. The molecule has 0 aliphatic heterocycles. The van der Waals surface area contributed by atoms with E-state index in [1.54, 1.807) is 6.07 Å². The van der Waals surface area contributed by atoms with E-state index in [4.69, 9.17) is 5.73 Å². The Balaban J connectivity index is 1.90. The molecular formula is C23H22F3N. The first-order valence-electron chi connectivity index (χ1n) is 8.93. The summed E-state index contributed by atoms with van der Waals surface area (Å²) in [6, 6.07) is 20.2. The van der Waals surface area contributed by atoms with Crippen LogP contribution < -0.4 is 5.73 Å². The van der Waals surface area contributed by atoms with Crippen LogP contribution >= 0.6 is 0 Å². The van der Waals surface area contributed by atoms with Crippen molar-refractivity contribution >= 4 is 0 Å². The molecule has 0 aromatic heterocycles. The van der Waals surface area contributed by atoms with E-state index < -0.39 is 11.7 Å². The molecule has 2 N–H and O–H groups in total. The van der Waals surface area contributed by atoms with Crippen LogP contribution in [0.1, 0.15) is 27.8 Å². The molecule has 0 radical (unpaired) electrons. The zero-order valence-corrected chi connectivity index (χ0v) is 15.2. The van der Waals surface area contributed by atoms with E-state index in [-0.39, 0.29) is 6.54 Å². The fourth-order valence-corrected chi connectivity index (χ4v) is 3.41. The van der Waals surface area contributed by atoms with Crippen molar-refractivity contribution in [3.63, 3.8) is 0 Å². The third kappa shape index (κ3) is 4.40. The van der Waals surface area contributed by atoms with Crippen LogP contribution in [0.5, 0.6) is 0 Å². The van der Waals surface area contributed by atoms with Gasteiger partial charge in [0.05, 0.1) is 5.56 Å². The molecule has 0 saturated heterocycles. The number of hydrogen-bond donors (Lipinski definition) is 1. The summed E-state index contributed by atoms with van der Waals surface area (Å²) in [5.41, 5.74) is 10.4. The molecule has 140 valence electrons. The lowest BCUT2D eigenvalue weighted by Gasteiger charge is -2.16. The Morgan fingerprint density at radius 3 is 2.19 bits per heavy atom. The largest absolute Gasteiger partial charge is 0.416 e. The SMILES string of the molecule is Cc1c(CCc2cc(CN)ccc2C(F)(F)F)cccc1-c1ccccc1. The standard InChI is InChI=1S/C23H22F3N/c1-16-18(8-5-9-21(16)19-6-3-2-4-7-19)11-12-20-14-17(15-27)10-13-22(20)23(24,25)26/h2-10,13-14H,11-12,15,27H2,1H3. The maximum absolute atomic E-state index is 13.3. The predicted molar refractivity (Wildman–Crippen MR) is 103 cm³/mol. The lowest BCUT2D eigenvalue weighted by Crippen LogP contribution is -2.11. The van der Waals surface area contributed by atoms with Gasteiger partial charge in [0.1, 0.15) is 0 Å². The summed E-state index contributed by atoms with van der Waals surface area (Å²) in [6.07, 6.45) is -3.49. The Morgan fingerprint density at radius 1 is 0.815 bits per heavy atom. The number of hydrogen-bond acceptors (Lipinski definition) is 1. The number of halogens is 3. The summed E-state index contributed by atoms with van der Waals surface area (Å²) < 4.78 is 40.0. The van der Waals surface area contributed by atoms with Crippen molar-refractivity contribution in [2.75, 3.05) is 0 Å².